The van der Waals surface area contributed by atoms with Gasteiger partial charge in [-0.1, -0.05) is 0 Å². The summed E-state index contributed by atoms with van der Waals surface area (Å²) >= 11 is 4.08. The van der Waals surface area contributed by atoms with E-state index in [2.05, 4.69) is 22.9 Å². The van der Waals surface area contributed by atoms with Crippen molar-refractivity contribution in [1.82, 2.24) is 10.3 Å². The molecule has 1 heterocycles. The van der Waals surface area contributed by atoms with E-state index in [1.54, 1.807) is 12.1 Å². The Morgan fingerprint density at radius 3 is 2.40 bits per heavy atom. The van der Waals surface area contributed by atoms with E-state index < -0.39 is 11.2 Å². The number of amides is 1. The molecule has 0 saturated heterocycles. The van der Waals surface area contributed by atoms with Crippen molar-refractivity contribution in [3.63, 3.8) is 0 Å². The van der Waals surface area contributed by atoms with Crippen LogP contribution in [0.2, 0.25) is 0 Å². The topological polar surface area (TPSA) is 79.3 Å². The fourth-order valence-electron chi connectivity index (χ4n) is 5.81. The number of hydrogen-bond donors (Lipinski definition) is 3. The third-order valence-corrected chi connectivity index (χ3v) is 6.83. The van der Waals surface area contributed by atoms with Crippen LogP contribution in [0.3, 0.4) is 0 Å². The number of nitrogens with zero attached hydrogens (tertiary/aromatic N) is 1. The van der Waals surface area contributed by atoms with Crippen molar-refractivity contribution < 1.29 is 14.7 Å². The molecule has 1 amide bonds. The fourth-order valence-corrected chi connectivity index (χ4v) is 6.02. The molecule has 4 aliphatic carbocycles. The number of thiol groups is 1. The van der Waals surface area contributed by atoms with E-state index in [9.17, 15) is 14.7 Å². The molecular weight excluding hydrogens is 336 g/mol. The predicted molar refractivity (Wildman–Crippen MR) is 96.5 cm³/mol. The van der Waals surface area contributed by atoms with Crippen molar-refractivity contribution >= 4 is 24.5 Å². The number of carboxylic acids is 1. The van der Waals surface area contributed by atoms with Gasteiger partial charge in [0.1, 0.15) is 5.25 Å². The Morgan fingerprint density at radius 2 is 1.84 bits per heavy atom. The molecule has 25 heavy (non-hydrogen) atoms. The highest BCUT2D eigenvalue weighted by Crippen LogP contribution is 2.59. The summed E-state index contributed by atoms with van der Waals surface area (Å²) < 4.78 is 0. The third-order valence-electron chi connectivity index (χ3n) is 6.37. The van der Waals surface area contributed by atoms with Gasteiger partial charge >= 0.3 is 5.97 Å². The summed E-state index contributed by atoms with van der Waals surface area (Å²) in [5, 5.41) is 11.2. The van der Waals surface area contributed by atoms with Gasteiger partial charge in [0, 0.05) is 12.7 Å². The van der Waals surface area contributed by atoms with Gasteiger partial charge in [0.2, 0.25) is 0 Å². The van der Waals surface area contributed by atoms with Crippen LogP contribution in [-0.4, -0.2) is 28.5 Å². The number of aliphatic carboxylic acids is 1. The zero-order chi connectivity index (χ0) is 17.6. The van der Waals surface area contributed by atoms with Crippen molar-refractivity contribution in [2.45, 2.75) is 43.8 Å². The molecule has 5 nitrogen and oxygen atoms in total. The summed E-state index contributed by atoms with van der Waals surface area (Å²) in [6.07, 6.45) is 9.30. The molecule has 4 aliphatic rings. The second-order valence-electron chi connectivity index (χ2n) is 8.28. The molecule has 6 heteroatoms. The lowest BCUT2D eigenvalue weighted by molar-refractivity contribution is -0.136. The molecule has 134 valence electrons. The average molecular weight is 360 g/mol. The van der Waals surface area contributed by atoms with Crippen molar-refractivity contribution in [3.05, 3.63) is 29.6 Å². The zero-order valence-corrected chi connectivity index (χ0v) is 15.0. The van der Waals surface area contributed by atoms with Gasteiger partial charge in [-0.05, 0) is 73.8 Å². The van der Waals surface area contributed by atoms with E-state index in [4.69, 9.17) is 0 Å². The summed E-state index contributed by atoms with van der Waals surface area (Å²) in [6.45, 7) is 0.688. The second-order valence-corrected chi connectivity index (χ2v) is 8.79. The van der Waals surface area contributed by atoms with Gasteiger partial charge in [-0.15, -0.1) is 0 Å². The van der Waals surface area contributed by atoms with Crippen LogP contribution in [0.4, 0.5) is 0 Å². The number of hydrogen-bond acceptors (Lipinski definition) is 4. The molecule has 4 saturated carbocycles. The number of carbonyl (C=O) groups is 2. The highest BCUT2D eigenvalue weighted by molar-refractivity contribution is 7.81. The molecule has 5 rings (SSSR count). The molecule has 0 aliphatic heterocycles. The standard InChI is InChI=1S/C19H24N2O3S/c22-17(14-2-1-3-20-15(14)16(25)18(23)24)21-10-19-7-11-4-12(8-19)6-13(5-11)9-19/h1-3,11-13,16,25H,4-10H2,(H,21,22)(H,23,24). The van der Waals surface area contributed by atoms with Crippen LogP contribution in [-0.2, 0) is 4.79 Å². The Balaban J connectivity index is 1.47. The quantitative estimate of drug-likeness (QED) is 0.705. The van der Waals surface area contributed by atoms with Crippen LogP contribution < -0.4 is 5.32 Å². The Bertz CT molecular complexity index is 670. The number of carboxylic acid groups (broad SMARTS) is 1. The zero-order valence-electron chi connectivity index (χ0n) is 14.1. The van der Waals surface area contributed by atoms with E-state index in [1.165, 1.54) is 44.7 Å². The van der Waals surface area contributed by atoms with Gasteiger partial charge in [0.05, 0.1) is 11.3 Å². The maximum atomic E-state index is 12.7. The van der Waals surface area contributed by atoms with Crippen LogP contribution >= 0.6 is 12.6 Å². The molecule has 0 aromatic carbocycles. The minimum Gasteiger partial charge on any atom is -0.480 e. The third kappa shape index (κ3) is 3.16. The number of carbonyl (C=O) groups excluding carboxylic acids is 1. The normalized spacial score (nSPS) is 33.9. The lowest BCUT2D eigenvalue weighted by atomic mass is 9.49. The number of pyridine rings is 1. The molecule has 1 aromatic heterocycles. The van der Waals surface area contributed by atoms with E-state index in [1.807, 2.05) is 0 Å². The number of aromatic nitrogens is 1. The highest BCUT2D eigenvalue weighted by atomic mass is 32.1. The Kier molecular flexibility index (Phi) is 4.26. The van der Waals surface area contributed by atoms with Gasteiger partial charge in [-0.25, -0.2) is 0 Å². The van der Waals surface area contributed by atoms with E-state index in [-0.39, 0.29) is 17.0 Å². The SMILES string of the molecule is O=C(NCC12CC3CC(CC(C3)C1)C2)c1cccnc1C(S)C(=O)O. The van der Waals surface area contributed by atoms with Crippen LogP contribution in [0.1, 0.15) is 59.8 Å². The lowest BCUT2D eigenvalue weighted by Gasteiger charge is -2.56. The molecule has 4 bridgehead atoms. The van der Waals surface area contributed by atoms with Crippen LogP contribution in [0.15, 0.2) is 18.3 Å². The first-order valence-electron chi connectivity index (χ1n) is 9.10. The van der Waals surface area contributed by atoms with Gasteiger partial charge in [0.15, 0.2) is 0 Å². The van der Waals surface area contributed by atoms with E-state index in [0.717, 1.165) is 17.8 Å². The fraction of sp³-hybridized carbons (Fsp3) is 0.632. The monoisotopic (exact) mass is 360 g/mol. The smallest absolute Gasteiger partial charge is 0.322 e. The van der Waals surface area contributed by atoms with E-state index >= 15 is 0 Å². The summed E-state index contributed by atoms with van der Waals surface area (Å²) in [7, 11) is 0. The number of rotatable bonds is 5. The maximum Gasteiger partial charge on any atom is 0.322 e. The first-order valence-corrected chi connectivity index (χ1v) is 9.61. The predicted octanol–water partition coefficient (Wildman–Crippen LogP) is 3.08. The Labute approximate surface area is 153 Å². The summed E-state index contributed by atoms with van der Waals surface area (Å²) in [4.78, 5) is 28.0. The summed E-state index contributed by atoms with van der Waals surface area (Å²) in [5.74, 6) is 1.18. The molecule has 1 unspecified atom stereocenters. The van der Waals surface area contributed by atoms with Gasteiger partial charge in [-0.3, -0.25) is 14.6 Å². The lowest BCUT2D eigenvalue weighted by Crippen LogP contribution is -2.51. The minimum atomic E-state index is -1.10. The van der Waals surface area contributed by atoms with Gasteiger partial charge in [-0.2, -0.15) is 12.6 Å². The van der Waals surface area contributed by atoms with Crippen molar-refractivity contribution in [2.24, 2.45) is 23.2 Å². The van der Waals surface area contributed by atoms with Crippen molar-refractivity contribution in [3.8, 4) is 0 Å². The molecule has 0 radical (unpaired) electrons. The second kappa shape index (κ2) is 6.31. The minimum absolute atomic E-state index is 0.210. The molecule has 2 N–H and O–H groups in total. The average Bonchev–Trinajstić information content (AvgIpc) is 2.58. The van der Waals surface area contributed by atoms with Gasteiger partial charge < -0.3 is 10.4 Å². The van der Waals surface area contributed by atoms with Gasteiger partial charge in [0.25, 0.3) is 5.91 Å². The molecule has 1 aromatic rings. The van der Waals surface area contributed by atoms with Crippen LogP contribution in [0, 0.1) is 23.2 Å². The molecule has 4 fully saturated rings. The summed E-state index contributed by atoms with van der Waals surface area (Å²) in [5.41, 5.74) is 0.774. The van der Waals surface area contributed by atoms with Crippen LogP contribution in [0.25, 0.3) is 0 Å². The first kappa shape index (κ1) is 16.9. The summed E-state index contributed by atoms with van der Waals surface area (Å²) in [6, 6.07) is 3.29. The van der Waals surface area contributed by atoms with Crippen molar-refractivity contribution in [2.75, 3.05) is 6.54 Å². The largest absolute Gasteiger partial charge is 0.480 e. The molecular formula is C19H24N2O3S. The van der Waals surface area contributed by atoms with E-state index in [0.29, 0.717) is 12.1 Å². The molecule has 1 atom stereocenters. The van der Waals surface area contributed by atoms with Crippen molar-refractivity contribution in [1.29, 1.82) is 0 Å². The first-order chi connectivity index (χ1) is 12.0. The number of nitrogens with one attached hydrogen (secondary N) is 1. The highest BCUT2D eigenvalue weighted by Gasteiger charge is 2.50. The maximum absolute atomic E-state index is 12.7. The van der Waals surface area contributed by atoms with Crippen LogP contribution in [0.5, 0.6) is 0 Å². The Morgan fingerprint density at radius 1 is 1.24 bits per heavy atom. The Hall–Kier alpha value is -1.56. The molecule has 0 spiro atoms.